The van der Waals surface area contributed by atoms with Crippen molar-refractivity contribution in [3.8, 4) is 5.75 Å². The summed E-state index contributed by atoms with van der Waals surface area (Å²) in [5.41, 5.74) is 8.26. The van der Waals surface area contributed by atoms with E-state index in [1.165, 1.54) is 0 Å². The molecule has 0 aliphatic heterocycles. The van der Waals surface area contributed by atoms with Gasteiger partial charge in [-0.3, -0.25) is 0 Å². The number of unbranched alkanes of at least 4 members (excludes halogenated alkanes) is 2. The van der Waals surface area contributed by atoms with Crippen molar-refractivity contribution < 1.29 is 33.6 Å². The molecule has 0 amide bonds. The van der Waals surface area contributed by atoms with Crippen molar-refractivity contribution in [3.05, 3.63) is 52.2 Å². The van der Waals surface area contributed by atoms with Gasteiger partial charge in [0.05, 0.1) is 65.3 Å². The van der Waals surface area contributed by atoms with Crippen molar-refractivity contribution in [1.29, 1.82) is 0 Å². The minimum absolute atomic E-state index is 0.236. The van der Waals surface area contributed by atoms with Gasteiger partial charge >= 0.3 is 5.97 Å². The summed E-state index contributed by atoms with van der Waals surface area (Å²) in [7, 11) is 1.67. The molecule has 0 saturated heterocycles. The van der Waals surface area contributed by atoms with Gasteiger partial charge in [0.15, 0.2) is 5.82 Å². The van der Waals surface area contributed by atoms with Gasteiger partial charge in [-0.15, -0.1) is 0 Å². The number of aliphatic imine (C=N–C) groups is 1. The number of carboxylic acid groups (broad SMARTS) is 1. The zero-order chi connectivity index (χ0) is 31.3. The largest absolute Gasteiger partial charge is 0.496 e. The number of nitrogens with one attached hydrogen (secondary N) is 1. The molecule has 2 aromatic rings. The molecule has 240 valence electrons. The SMILES string of the molecule is C=c1ccn(Cc2ccc(COCCOCCOCCOCC(=O)O)cc2OC)/c1=C(/N=C(/N)CCC)NCCCCC. The van der Waals surface area contributed by atoms with Crippen LogP contribution in [0.5, 0.6) is 5.75 Å². The zero-order valence-electron chi connectivity index (χ0n) is 26.1. The van der Waals surface area contributed by atoms with Crippen molar-refractivity contribution in [2.24, 2.45) is 10.7 Å². The van der Waals surface area contributed by atoms with E-state index in [2.05, 4.69) is 36.4 Å². The lowest BCUT2D eigenvalue weighted by Crippen LogP contribution is -2.36. The number of aliphatic carboxylic acids is 1. The first-order chi connectivity index (χ1) is 20.9. The van der Waals surface area contributed by atoms with Gasteiger partial charge in [0.25, 0.3) is 0 Å². The smallest absolute Gasteiger partial charge is 0.329 e. The van der Waals surface area contributed by atoms with E-state index in [0.29, 0.717) is 52.0 Å². The van der Waals surface area contributed by atoms with Crippen LogP contribution in [0.4, 0.5) is 0 Å². The fourth-order valence-corrected chi connectivity index (χ4v) is 4.25. The number of methoxy groups -OCH3 is 1. The number of aromatic nitrogens is 1. The second-order valence-corrected chi connectivity index (χ2v) is 10.0. The number of ether oxygens (including phenoxy) is 5. The molecule has 4 N–H and O–H groups in total. The lowest BCUT2D eigenvalue weighted by molar-refractivity contribution is -0.142. The van der Waals surface area contributed by atoms with Crippen molar-refractivity contribution >= 4 is 24.2 Å². The Kier molecular flexibility index (Phi) is 17.8. The van der Waals surface area contributed by atoms with Crippen LogP contribution in [0.25, 0.3) is 12.4 Å². The van der Waals surface area contributed by atoms with Gasteiger partial charge in [-0.05, 0) is 35.8 Å². The summed E-state index contributed by atoms with van der Waals surface area (Å²) in [5, 5.41) is 13.8. The van der Waals surface area contributed by atoms with Gasteiger partial charge in [-0.1, -0.05) is 45.4 Å². The topological polar surface area (TPSA) is 139 Å². The first kappa shape index (κ1) is 35.8. The molecule has 0 saturated carbocycles. The molecule has 0 radical (unpaired) electrons. The third-order valence-corrected chi connectivity index (χ3v) is 6.41. The molecule has 0 aliphatic carbocycles. The van der Waals surface area contributed by atoms with E-state index >= 15 is 0 Å². The molecule has 2 rings (SSSR count). The van der Waals surface area contributed by atoms with E-state index in [9.17, 15) is 4.79 Å². The molecule has 11 nitrogen and oxygen atoms in total. The summed E-state index contributed by atoms with van der Waals surface area (Å²) in [6.45, 7) is 12.3. The Balaban J connectivity index is 1.95. The van der Waals surface area contributed by atoms with Crippen molar-refractivity contribution in [3.63, 3.8) is 0 Å². The van der Waals surface area contributed by atoms with Gasteiger partial charge < -0.3 is 44.4 Å². The van der Waals surface area contributed by atoms with E-state index in [4.69, 9.17) is 39.5 Å². The summed E-state index contributed by atoms with van der Waals surface area (Å²) in [5.74, 6) is 1.14. The predicted molar refractivity (Wildman–Crippen MR) is 169 cm³/mol. The molecule has 1 aromatic carbocycles. The molecule has 11 heteroatoms. The van der Waals surface area contributed by atoms with Crippen molar-refractivity contribution in [2.75, 3.05) is 59.9 Å². The maximum absolute atomic E-state index is 10.4. The Morgan fingerprint density at radius 1 is 1.00 bits per heavy atom. The Morgan fingerprint density at radius 3 is 2.35 bits per heavy atom. The second-order valence-electron chi connectivity index (χ2n) is 10.0. The maximum Gasteiger partial charge on any atom is 0.329 e. The van der Waals surface area contributed by atoms with Crippen LogP contribution >= 0.6 is 0 Å². The number of hydrogen-bond donors (Lipinski definition) is 3. The molecule has 1 heterocycles. The number of nitrogens with two attached hydrogens (primary N) is 1. The van der Waals surface area contributed by atoms with Crippen LogP contribution in [0.1, 0.15) is 57.1 Å². The third-order valence-electron chi connectivity index (χ3n) is 6.41. The summed E-state index contributed by atoms with van der Waals surface area (Å²) in [6.07, 6.45) is 7.04. The van der Waals surface area contributed by atoms with Crippen LogP contribution in [0.15, 0.2) is 35.5 Å². The molecule has 43 heavy (non-hydrogen) atoms. The number of nitrogens with zero attached hydrogens (tertiary/aromatic N) is 2. The predicted octanol–water partition coefficient (Wildman–Crippen LogP) is 2.61. The fraction of sp³-hybridized carbons (Fsp3) is 0.562. The summed E-state index contributed by atoms with van der Waals surface area (Å²) >= 11 is 0. The van der Waals surface area contributed by atoms with Crippen molar-refractivity contribution in [1.82, 2.24) is 9.88 Å². The van der Waals surface area contributed by atoms with Crippen molar-refractivity contribution in [2.45, 2.75) is 59.1 Å². The van der Waals surface area contributed by atoms with Crippen LogP contribution in [0.3, 0.4) is 0 Å². The molecular weight excluding hydrogens is 552 g/mol. The Morgan fingerprint density at radius 2 is 1.70 bits per heavy atom. The summed E-state index contributed by atoms with van der Waals surface area (Å²) in [4.78, 5) is 15.1. The van der Waals surface area contributed by atoms with Gasteiger partial charge in [0.2, 0.25) is 0 Å². The van der Waals surface area contributed by atoms with Gasteiger partial charge in [0, 0.05) is 24.7 Å². The minimum Gasteiger partial charge on any atom is -0.496 e. The highest BCUT2D eigenvalue weighted by Gasteiger charge is 2.10. The zero-order valence-corrected chi connectivity index (χ0v) is 26.1. The highest BCUT2D eigenvalue weighted by atomic mass is 16.6. The average Bonchev–Trinajstić information content (AvgIpc) is 3.35. The van der Waals surface area contributed by atoms with E-state index in [-0.39, 0.29) is 13.2 Å². The van der Waals surface area contributed by atoms with Gasteiger partial charge in [-0.2, -0.15) is 0 Å². The molecule has 0 fully saturated rings. The molecule has 0 atom stereocenters. The first-order valence-electron chi connectivity index (χ1n) is 15.0. The van der Waals surface area contributed by atoms with E-state index in [1.54, 1.807) is 7.11 Å². The van der Waals surface area contributed by atoms with Gasteiger partial charge in [0.1, 0.15) is 18.2 Å². The van der Waals surface area contributed by atoms with Crippen LogP contribution < -0.4 is 26.4 Å². The second kappa shape index (κ2) is 21.3. The van der Waals surface area contributed by atoms with Crippen LogP contribution in [-0.4, -0.2) is 81.4 Å². The normalized spacial score (nSPS) is 12.4. The number of carboxylic acids is 1. The summed E-state index contributed by atoms with van der Waals surface area (Å²) < 4.78 is 29.4. The van der Waals surface area contributed by atoms with Crippen LogP contribution in [-0.2, 0) is 36.9 Å². The standard InChI is InChI=1S/C32H50N4O7/c1-5-7-8-13-34-32(35-29(33)9-6-2)31-25(3)12-14-36(31)22-27-11-10-26(21-28(27)39-4)23-42-19-17-40-15-16-41-18-20-43-24-30(37)38/h10-12,14,21,34H,3,5-9,13,15-20,22-24H2,1-2,4H3,(H2,33,35)(H,37,38)/b32-31+. The number of hydrogen-bond acceptors (Lipinski definition) is 8. The monoisotopic (exact) mass is 602 g/mol. The van der Waals surface area contributed by atoms with E-state index in [0.717, 1.165) is 71.9 Å². The minimum atomic E-state index is -0.995. The van der Waals surface area contributed by atoms with Crippen LogP contribution in [0.2, 0.25) is 0 Å². The molecular formula is C32H50N4O7. The quantitative estimate of drug-likeness (QED) is 0.0940. The highest BCUT2D eigenvalue weighted by Crippen LogP contribution is 2.21. The fourth-order valence-electron chi connectivity index (χ4n) is 4.25. The molecule has 0 unspecified atom stereocenters. The lowest BCUT2D eigenvalue weighted by atomic mass is 10.1. The van der Waals surface area contributed by atoms with E-state index < -0.39 is 5.97 Å². The third kappa shape index (κ3) is 14.1. The number of amidine groups is 1. The summed E-state index contributed by atoms with van der Waals surface area (Å²) in [6, 6.07) is 8.09. The molecule has 0 spiro atoms. The Labute approximate surface area is 255 Å². The average molecular weight is 603 g/mol. The highest BCUT2D eigenvalue weighted by molar-refractivity contribution is 5.83. The number of benzene rings is 1. The molecule has 1 aromatic heterocycles. The van der Waals surface area contributed by atoms with Gasteiger partial charge in [-0.25, -0.2) is 9.79 Å². The molecule has 0 bridgehead atoms. The maximum atomic E-state index is 10.4. The number of rotatable bonds is 24. The number of carbonyl (C=O) groups is 1. The lowest BCUT2D eigenvalue weighted by Gasteiger charge is -2.14. The molecule has 0 aliphatic rings. The Bertz CT molecular complexity index is 1230. The van der Waals surface area contributed by atoms with Crippen LogP contribution in [0, 0.1) is 0 Å². The first-order valence-corrected chi connectivity index (χ1v) is 15.0. The Hall–Kier alpha value is -3.38. The van der Waals surface area contributed by atoms with E-state index in [1.807, 2.05) is 24.4 Å².